The van der Waals surface area contributed by atoms with Gasteiger partial charge >= 0.3 is 0 Å². The quantitative estimate of drug-likeness (QED) is 0.853. The molecular weight excluding hydrogens is 200 g/mol. The lowest BCUT2D eigenvalue weighted by atomic mass is 10.2. The molecule has 2 rings (SSSR count). The summed E-state index contributed by atoms with van der Waals surface area (Å²) in [6.07, 6.45) is 0.877. The molecule has 0 spiro atoms. The normalized spacial score (nSPS) is 10.6. The van der Waals surface area contributed by atoms with Crippen LogP contribution in [0.3, 0.4) is 0 Å². The minimum absolute atomic E-state index is 0.720. The molecule has 0 radical (unpaired) electrons. The summed E-state index contributed by atoms with van der Waals surface area (Å²) in [5.41, 5.74) is 3.32. The van der Waals surface area contributed by atoms with Crippen LogP contribution in [0.5, 0.6) is 0 Å². The molecule has 1 aromatic carbocycles. The predicted molar refractivity (Wildman–Crippen MR) is 64.3 cm³/mol. The molecule has 1 aromatic heterocycles. The maximum atomic E-state index is 5.07. The molecule has 84 valence electrons. The monoisotopic (exact) mass is 216 g/mol. The molecule has 0 fully saturated rings. The lowest BCUT2D eigenvalue weighted by molar-refractivity contribution is 0.201. The third-order valence-corrected chi connectivity index (χ3v) is 2.59. The second kappa shape index (κ2) is 4.94. The van der Waals surface area contributed by atoms with E-state index < -0.39 is 0 Å². The number of ether oxygens (including phenoxy) is 1. The Hall–Kier alpha value is -1.61. The van der Waals surface area contributed by atoms with Crippen molar-refractivity contribution in [3.8, 4) is 11.4 Å². The summed E-state index contributed by atoms with van der Waals surface area (Å²) in [5.74, 6) is 0.934. The number of aryl methyl sites for hydroxylation is 1. The van der Waals surface area contributed by atoms with Crippen LogP contribution >= 0.6 is 0 Å². The first-order valence-electron chi connectivity index (χ1n) is 5.41. The Bertz CT molecular complexity index is 448. The highest BCUT2D eigenvalue weighted by atomic mass is 16.5. The summed E-state index contributed by atoms with van der Waals surface area (Å²) in [6, 6.07) is 10.1. The summed E-state index contributed by atoms with van der Waals surface area (Å²) >= 11 is 0. The van der Waals surface area contributed by atoms with Crippen LogP contribution in [-0.4, -0.2) is 23.7 Å². The number of benzene rings is 1. The molecule has 0 atom stereocenters. The topological polar surface area (TPSA) is 37.9 Å². The number of rotatable bonds is 4. The molecule has 0 saturated heterocycles. The lowest BCUT2D eigenvalue weighted by Crippen LogP contribution is -1.96. The van der Waals surface area contributed by atoms with Crippen molar-refractivity contribution in [1.82, 2.24) is 9.97 Å². The summed E-state index contributed by atoms with van der Waals surface area (Å²) in [5, 5.41) is 0. The summed E-state index contributed by atoms with van der Waals surface area (Å²) < 4.78 is 5.07. The highest BCUT2D eigenvalue weighted by Gasteiger charge is 2.07. The second-order valence-electron chi connectivity index (χ2n) is 3.76. The standard InChI is InChI=1S/C13H16N2O/c1-10-12(8-9-16-2)15-13(14-10)11-6-4-3-5-7-11/h3-7H,8-9H2,1-2H3,(H,14,15). The molecule has 16 heavy (non-hydrogen) atoms. The molecular formula is C13H16N2O. The Balaban J connectivity index is 2.24. The van der Waals surface area contributed by atoms with E-state index in [2.05, 4.69) is 22.1 Å². The summed E-state index contributed by atoms with van der Waals surface area (Å²) in [7, 11) is 1.71. The molecule has 1 N–H and O–H groups in total. The van der Waals surface area contributed by atoms with Crippen LogP contribution < -0.4 is 0 Å². The van der Waals surface area contributed by atoms with Crippen LogP contribution in [0.4, 0.5) is 0 Å². The van der Waals surface area contributed by atoms with Crippen molar-refractivity contribution < 1.29 is 4.74 Å². The average molecular weight is 216 g/mol. The maximum Gasteiger partial charge on any atom is 0.137 e. The molecule has 0 aliphatic heterocycles. The van der Waals surface area contributed by atoms with E-state index in [9.17, 15) is 0 Å². The Morgan fingerprint density at radius 3 is 2.69 bits per heavy atom. The molecule has 0 aliphatic rings. The number of nitrogens with one attached hydrogen (secondary N) is 1. The Labute approximate surface area is 95.5 Å². The molecule has 0 saturated carbocycles. The predicted octanol–water partition coefficient (Wildman–Crippen LogP) is 2.57. The van der Waals surface area contributed by atoms with Gasteiger partial charge in [-0.1, -0.05) is 30.3 Å². The fraction of sp³-hybridized carbons (Fsp3) is 0.308. The van der Waals surface area contributed by atoms with Crippen molar-refractivity contribution in [3.05, 3.63) is 41.7 Å². The molecule has 0 amide bonds. The van der Waals surface area contributed by atoms with Gasteiger partial charge < -0.3 is 9.72 Å². The van der Waals surface area contributed by atoms with E-state index in [1.54, 1.807) is 7.11 Å². The van der Waals surface area contributed by atoms with Gasteiger partial charge in [-0.2, -0.15) is 0 Å². The van der Waals surface area contributed by atoms with Crippen LogP contribution in [0.15, 0.2) is 30.3 Å². The van der Waals surface area contributed by atoms with Crippen molar-refractivity contribution in [1.29, 1.82) is 0 Å². The zero-order chi connectivity index (χ0) is 11.4. The van der Waals surface area contributed by atoms with E-state index in [-0.39, 0.29) is 0 Å². The van der Waals surface area contributed by atoms with Crippen molar-refractivity contribution in [2.24, 2.45) is 0 Å². The van der Waals surface area contributed by atoms with Crippen molar-refractivity contribution >= 4 is 0 Å². The summed E-state index contributed by atoms with van der Waals surface area (Å²) in [6.45, 7) is 2.74. The largest absolute Gasteiger partial charge is 0.384 e. The Kier molecular flexibility index (Phi) is 3.37. The number of hydrogen-bond donors (Lipinski definition) is 1. The zero-order valence-corrected chi connectivity index (χ0v) is 9.66. The van der Waals surface area contributed by atoms with Gasteiger partial charge in [0.25, 0.3) is 0 Å². The van der Waals surface area contributed by atoms with Crippen molar-refractivity contribution in [2.45, 2.75) is 13.3 Å². The molecule has 2 aromatic rings. The number of nitrogens with zero attached hydrogens (tertiary/aromatic N) is 1. The number of H-pyrrole nitrogens is 1. The third kappa shape index (κ3) is 2.31. The minimum atomic E-state index is 0.720. The Morgan fingerprint density at radius 2 is 2.00 bits per heavy atom. The zero-order valence-electron chi connectivity index (χ0n) is 9.66. The minimum Gasteiger partial charge on any atom is -0.384 e. The first kappa shape index (κ1) is 10.9. The van der Waals surface area contributed by atoms with E-state index in [0.29, 0.717) is 0 Å². The van der Waals surface area contributed by atoms with E-state index in [1.807, 2.05) is 25.1 Å². The van der Waals surface area contributed by atoms with Crippen molar-refractivity contribution in [3.63, 3.8) is 0 Å². The number of imidazole rings is 1. The first-order valence-corrected chi connectivity index (χ1v) is 5.41. The van der Waals surface area contributed by atoms with Gasteiger partial charge in [0.15, 0.2) is 0 Å². The fourth-order valence-electron chi connectivity index (χ4n) is 1.68. The fourth-order valence-corrected chi connectivity index (χ4v) is 1.68. The van der Waals surface area contributed by atoms with Gasteiger partial charge in [-0.05, 0) is 6.92 Å². The van der Waals surface area contributed by atoms with Gasteiger partial charge in [-0.25, -0.2) is 4.98 Å². The van der Waals surface area contributed by atoms with Crippen LogP contribution in [0.1, 0.15) is 11.4 Å². The SMILES string of the molecule is COCCc1[nH]c(-c2ccccc2)nc1C. The second-order valence-corrected chi connectivity index (χ2v) is 3.76. The van der Waals surface area contributed by atoms with Crippen LogP contribution in [0.2, 0.25) is 0 Å². The van der Waals surface area contributed by atoms with E-state index >= 15 is 0 Å². The van der Waals surface area contributed by atoms with Gasteiger partial charge in [0.05, 0.1) is 12.3 Å². The number of aromatic nitrogens is 2. The highest BCUT2D eigenvalue weighted by molar-refractivity contribution is 5.55. The van der Waals surface area contributed by atoms with E-state index in [0.717, 1.165) is 35.8 Å². The molecule has 3 nitrogen and oxygen atoms in total. The van der Waals surface area contributed by atoms with Gasteiger partial charge in [0.2, 0.25) is 0 Å². The molecule has 1 heterocycles. The van der Waals surface area contributed by atoms with E-state index in [1.165, 1.54) is 0 Å². The molecule has 3 heteroatoms. The molecule has 0 unspecified atom stereocenters. The smallest absolute Gasteiger partial charge is 0.137 e. The number of aromatic amines is 1. The summed E-state index contributed by atoms with van der Waals surface area (Å²) in [4.78, 5) is 7.86. The number of hydrogen-bond acceptors (Lipinski definition) is 2. The van der Waals surface area contributed by atoms with Crippen LogP contribution in [0.25, 0.3) is 11.4 Å². The number of methoxy groups -OCH3 is 1. The van der Waals surface area contributed by atoms with Gasteiger partial charge in [0.1, 0.15) is 5.82 Å². The van der Waals surface area contributed by atoms with Crippen molar-refractivity contribution in [2.75, 3.05) is 13.7 Å². The maximum absolute atomic E-state index is 5.07. The molecule has 0 bridgehead atoms. The van der Waals surface area contributed by atoms with Crippen LogP contribution in [-0.2, 0) is 11.2 Å². The van der Waals surface area contributed by atoms with Gasteiger partial charge in [-0.3, -0.25) is 0 Å². The molecule has 0 aliphatic carbocycles. The van der Waals surface area contributed by atoms with Gasteiger partial charge in [0, 0.05) is 24.8 Å². The van der Waals surface area contributed by atoms with Gasteiger partial charge in [-0.15, -0.1) is 0 Å². The van der Waals surface area contributed by atoms with E-state index in [4.69, 9.17) is 4.74 Å². The third-order valence-electron chi connectivity index (χ3n) is 2.59. The highest BCUT2D eigenvalue weighted by Crippen LogP contribution is 2.17. The first-order chi connectivity index (χ1) is 7.81. The average Bonchev–Trinajstić information content (AvgIpc) is 2.69. The Morgan fingerprint density at radius 1 is 1.25 bits per heavy atom. The lowest BCUT2D eigenvalue weighted by Gasteiger charge is -1.97. The van der Waals surface area contributed by atoms with Crippen LogP contribution in [0, 0.1) is 6.92 Å².